The second-order valence-corrected chi connectivity index (χ2v) is 2.77. The van der Waals surface area contributed by atoms with Gasteiger partial charge in [-0.2, -0.15) is 0 Å². The van der Waals surface area contributed by atoms with Crippen molar-refractivity contribution in [1.82, 2.24) is 0 Å². The van der Waals surface area contributed by atoms with Gasteiger partial charge in [0.05, 0.1) is 5.56 Å². The summed E-state index contributed by atoms with van der Waals surface area (Å²) < 4.78 is 1.89. The van der Waals surface area contributed by atoms with Crippen molar-refractivity contribution >= 4 is 5.91 Å². The highest BCUT2D eigenvalue weighted by Gasteiger charge is 2.03. The molecule has 0 atom stereocenters. The first-order valence-electron chi connectivity index (χ1n) is 4.14. The molecule has 0 aliphatic heterocycles. The van der Waals surface area contributed by atoms with Crippen LogP contribution >= 0.6 is 0 Å². The second-order valence-electron chi connectivity index (χ2n) is 2.77. The van der Waals surface area contributed by atoms with Crippen molar-refractivity contribution < 1.29 is 14.5 Å². The molecule has 0 saturated heterocycles. The second kappa shape index (κ2) is 4.57. The molecule has 4 nitrogen and oxygen atoms in total. The maximum Gasteiger partial charge on any atom is 0.249 e. The van der Waals surface area contributed by atoms with Crippen molar-refractivity contribution in [3.8, 4) is 0 Å². The molecule has 70 valence electrons. The lowest BCUT2D eigenvalue weighted by molar-refractivity contribution is -0.697. The predicted molar refractivity (Wildman–Crippen MR) is 46.9 cm³/mol. The number of primary amides is 1. The Hall–Kier alpha value is -1.42. The van der Waals surface area contributed by atoms with Crippen molar-refractivity contribution in [3.63, 3.8) is 0 Å². The number of nitrogens with two attached hydrogens (primary N) is 1. The van der Waals surface area contributed by atoms with Crippen LogP contribution in [0.25, 0.3) is 0 Å². The summed E-state index contributed by atoms with van der Waals surface area (Å²) in [4.78, 5) is 10.7. The number of carbonyl (C=O) groups is 1. The molecule has 13 heavy (non-hydrogen) atoms. The highest BCUT2D eigenvalue weighted by Crippen LogP contribution is 1.92. The van der Waals surface area contributed by atoms with Crippen molar-refractivity contribution in [2.75, 3.05) is 6.61 Å². The van der Waals surface area contributed by atoms with Gasteiger partial charge in [0.2, 0.25) is 5.91 Å². The first-order valence-corrected chi connectivity index (χ1v) is 4.14. The summed E-state index contributed by atoms with van der Waals surface area (Å²) in [6.45, 7) is 0.917. The maximum atomic E-state index is 10.7. The summed E-state index contributed by atoms with van der Waals surface area (Å²) in [5.41, 5.74) is 5.58. The van der Waals surface area contributed by atoms with Gasteiger partial charge in [-0.05, 0) is 0 Å². The number of hydrogen-bond acceptors (Lipinski definition) is 2. The molecule has 3 N–H and O–H groups in total. The fourth-order valence-corrected chi connectivity index (χ4v) is 1.02. The van der Waals surface area contributed by atoms with Crippen LogP contribution in [0.15, 0.2) is 24.5 Å². The minimum absolute atomic E-state index is 0.171. The zero-order valence-corrected chi connectivity index (χ0v) is 7.31. The summed E-state index contributed by atoms with van der Waals surface area (Å²) in [6.07, 6.45) is 4.26. The number of aromatic nitrogens is 1. The molecule has 1 aromatic rings. The van der Waals surface area contributed by atoms with Crippen LogP contribution in [0.1, 0.15) is 16.8 Å². The molecular weight excluding hydrogens is 168 g/mol. The molecule has 0 spiro atoms. The Kier molecular flexibility index (Phi) is 3.40. The fourth-order valence-electron chi connectivity index (χ4n) is 1.02. The van der Waals surface area contributed by atoms with Gasteiger partial charge in [-0.15, -0.1) is 0 Å². The van der Waals surface area contributed by atoms with E-state index in [-0.39, 0.29) is 6.61 Å². The van der Waals surface area contributed by atoms with E-state index in [1.807, 2.05) is 4.57 Å². The summed E-state index contributed by atoms with van der Waals surface area (Å²) in [5, 5.41) is 8.58. The number of aliphatic hydroxyl groups excluding tert-OH is 1. The first-order chi connectivity index (χ1) is 6.24. The molecule has 0 aliphatic carbocycles. The van der Waals surface area contributed by atoms with Gasteiger partial charge in [0.15, 0.2) is 18.9 Å². The maximum absolute atomic E-state index is 10.7. The van der Waals surface area contributed by atoms with Crippen molar-refractivity contribution in [2.24, 2.45) is 5.73 Å². The number of nitrogens with zero attached hydrogens (tertiary/aromatic N) is 1. The van der Waals surface area contributed by atoms with Gasteiger partial charge in [-0.3, -0.25) is 4.79 Å². The number of carbonyl (C=O) groups excluding carboxylic acids is 1. The van der Waals surface area contributed by atoms with Crippen molar-refractivity contribution in [2.45, 2.75) is 13.0 Å². The van der Waals surface area contributed by atoms with E-state index < -0.39 is 5.91 Å². The van der Waals surface area contributed by atoms with E-state index in [1.165, 1.54) is 0 Å². The van der Waals surface area contributed by atoms with Crippen molar-refractivity contribution in [3.05, 3.63) is 30.1 Å². The SMILES string of the molecule is NC(=O)c1cc[n+](CCCO)cc1. The summed E-state index contributed by atoms with van der Waals surface area (Å²) >= 11 is 0. The number of pyridine rings is 1. The van der Waals surface area contributed by atoms with Crippen LogP contribution in [0.4, 0.5) is 0 Å². The van der Waals surface area contributed by atoms with E-state index in [9.17, 15) is 4.79 Å². The Morgan fingerprint density at radius 1 is 1.46 bits per heavy atom. The van der Waals surface area contributed by atoms with E-state index >= 15 is 0 Å². The largest absolute Gasteiger partial charge is 0.396 e. The van der Waals surface area contributed by atoms with E-state index in [4.69, 9.17) is 10.8 Å². The predicted octanol–water partition coefficient (Wildman–Crippen LogP) is -0.545. The molecule has 4 heteroatoms. The summed E-state index contributed by atoms with van der Waals surface area (Å²) in [7, 11) is 0. The van der Waals surface area contributed by atoms with Crippen LogP contribution in [0.3, 0.4) is 0 Å². The normalized spacial score (nSPS) is 9.92. The summed E-state index contributed by atoms with van der Waals surface area (Å²) in [6, 6.07) is 3.33. The number of amides is 1. The zero-order valence-electron chi connectivity index (χ0n) is 7.31. The number of aliphatic hydroxyl groups is 1. The molecule has 0 radical (unpaired) electrons. The molecule has 0 saturated carbocycles. The van der Waals surface area contributed by atoms with Gasteiger partial charge in [0.25, 0.3) is 0 Å². The highest BCUT2D eigenvalue weighted by molar-refractivity contribution is 5.92. The minimum atomic E-state index is -0.422. The number of aryl methyl sites for hydroxylation is 1. The van der Waals surface area contributed by atoms with Gasteiger partial charge in [-0.1, -0.05) is 0 Å². The molecule has 1 rings (SSSR count). The molecule has 1 amide bonds. The average Bonchev–Trinajstić information content (AvgIpc) is 2.15. The van der Waals surface area contributed by atoms with Crippen LogP contribution < -0.4 is 10.3 Å². The third-order valence-electron chi connectivity index (χ3n) is 1.75. The lowest BCUT2D eigenvalue weighted by Gasteiger charge is -1.95. The third kappa shape index (κ3) is 2.83. The van der Waals surface area contributed by atoms with Gasteiger partial charge in [-0.25, -0.2) is 4.57 Å². The molecular formula is C9H13N2O2+. The van der Waals surface area contributed by atoms with Crippen LogP contribution in [-0.4, -0.2) is 17.6 Å². The van der Waals surface area contributed by atoms with E-state index in [1.54, 1.807) is 24.5 Å². The Labute approximate surface area is 76.6 Å². The lowest BCUT2D eigenvalue weighted by atomic mass is 10.2. The lowest BCUT2D eigenvalue weighted by Crippen LogP contribution is -2.33. The quantitative estimate of drug-likeness (QED) is 0.612. The molecule has 0 unspecified atom stereocenters. The van der Waals surface area contributed by atoms with Crippen molar-refractivity contribution in [1.29, 1.82) is 0 Å². The first kappa shape index (κ1) is 9.67. The Balaban J connectivity index is 2.64. The van der Waals surface area contributed by atoms with Gasteiger partial charge in [0, 0.05) is 25.2 Å². The third-order valence-corrected chi connectivity index (χ3v) is 1.75. The van der Waals surface area contributed by atoms with E-state index in [0.29, 0.717) is 12.0 Å². The smallest absolute Gasteiger partial charge is 0.249 e. The average molecular weight is 181 g/mol. The topological polar surface area (TPSA) is 67.2 Å². The van der Waals surface area contributed by atoms with Crippen LogP contribution in [-0.2, 0) is 6.54 Å². The van der Waals surface area contributed by atoms with E-state index in [2.05, 4.69) is 0 Å². The number of rotatable bonds is 4. The monoisotopic (exact) mass is 181 g/mol. The fraction of sp³-hybridized carbons (Fsp3) is 0.333. The van der Waals surface area contributed by atoms with Crippen LogP contribution in [0, 0.1) is 0 Å². The zero-order chi connectivity index (χ0) is 9.68. The molecule has 0 fully saturated rings. The van der Waals surface area contributed by atoms with E-state index in [0.717, 1.165) is 6.54 Å². The molecule has 0 bridgehead atoms. The Morgan fingerprint density at radius 3 is 2.54 bits per heavy atom. The molecule has 0 aromatic carbocycles. The van der Waals surface area contributed by atoms with Crippen LogP contribution in [0.5, 0.6) is 0 Å². The summed E-state index contributed by atoms with van der Waals surface area (Å²) in [5.74, 6) is -0.422. The van der Waals surface area contributed by atoms with Gasteiger partial charge < -0.3 is 10.8 Å². The Bertz CT molecular complexity index is 282. The van der Waals surface area contributed by atoms with Gasteiger partial charge >= 0.3 is 0 Å². The molecule has 0 aliphatic rings. The highest BCUT2D eigenvalue weighted by atomic mass is 16.3. The van der Waals surface area contributed by atoms with Gasteiger partial charge in [0.1, 0.15) is 0 Å². The number of hydrogen-bond donors (Lipinski definition) is 2. The standard InChI is InChI=1S/C9H12N2O2/c10-9(13)8-2-5-11(6-3-8)4-1-7-12/h2-3,5-6,12H,1,4,7H2,(H-,10,13)/p+1. The van der Waals surface area contributed by atoms with Crippen LogP contribution in [0.2, 0.25) is 0 Å². The molecule has 1 heterocycles. The minimum Gasteiger partial charge on any atom is -0.396 e. The Morgan fingerprint density at radius 2 is 2.08 bits per heavy atom. The molecule has 1 aromatic heterocycles.